The SMILES string of the molecule is CC.CC1CCCN1C(=O)[C@@H](NC(=O)OCC(C)(C)CCCCc1cccc2c1cc(C(=O)O)n2-c1ccccc1)C(C)(C)C.CCCC(NC=O)C(=O)NSC1CC1. The molecule has 0 radical (unpaired) electrons. The molecule has 3 aromatic rings. The fourth-order valence-corrected chi connectivity index (χ4v) is 7.87. The number of aromatic carboxylic acids is 1. The first kappa shape index (κ1) is 48.8. The third kappa shape index (κ3) is 14.9. The van der Waals surface area contributed by atoms with Crippen molar-refractivity contribution in [2.45, 2.75) is 150 Å². The smallest absolute Gasteiger partial charge is 0.407 e. The zero-order valence-corrected chi connectivity index (χ0v) is 37.6. The molecule has 0 spiro atoms. The summed E-state index contributed by atoms with van der Waals surface area (Å²) in [6.45, 7) is 19.1. The first-order valence-corrected chi connectivity index (χ1v) is 22.2. The average Bonchev–Trinajstić information content (AvgIpc) is 3.80. The summed E-state index contributed by atoms with van der Waals surface area (Å²) in [5.41, 5.74) is 2.39. The van der Waals surface area contributed by atoms with Crippen molar-refractivity contribution in [3.8, 4) is 5.69 Å². The van der Waals surface area contributed by atoms with E-state index in [2.05, 4.69) is 42.2 Å². The molecule has 2 aromatic carbocycles. The number of benzene rings is 2. The number of para-hydroxylation sites is 1. The summed E-state index contributed by atoms with van der Waals surface area (Å²) < 4.78 is 10.2. The molecule has 4 amide bonds. The Morgan fingerprint density at radius 1 is 0.983 bits per heavy atom. The Morgan fingerprint density at radius 2 is 1.68 bits per heavy atom. The van der Waals surface area contributed by atoms with E-state index in [4.69, 9.17) is 4.74 Å². The van der Waals surface area contributed by atoms with Crippen LogP contribution in [0.15, 0.2) is 54.6 Å². The van der Waals surface area contributed by atoms with Crippen LogP contribution in [0.5, 0.6) is 0 Å². The highest BCUT2D eigenvalue weighted by Crippen LogP contribution is 2.32. The molecule has 0 bridgehead atoms. The van der Waals surface area contributed by atoms with Gasteiger partial charge in [-0.2, -0.15) is 0 Å². The molecule has 2 fully saturated rings. The molecule has 3 atom stereocenters. The highest BCUT2D eigenvalue weighted by molar-refractivity contribution is 7.98. The van der Waals surface area contributed by atoms with Crippen molar-refractivity contribution in [3.05, 3.63) is 65.9 Å². The minimum Gasteiger partial charge on any atom is -0.477 e. The normalized spacial score (nSPS) is 16.1. The van der Waals surface area contributed by atoms with Gasteiger partial charge in [-0.1, -0.05) is 98.6 Å². The summed E-state index contributed by atoms with van der Waals surface area (Å²) in [5, 5.41) is 16.8. The molecule has 326 valence electrons. The number of carbonyl (C=O) groups excluding carboxylic acids is 4. The van der Waals surface area contributed by atoms with Crippen LogP contribution in [0, 0.1) is 10.8 Å². The highest BCUT2D eigenvalue weighted by atomic mass is 32.2. The van der Waals surface area contributed by atoms with E-state index in [1.807, 2.05) is 88.9 Å². The Labute approximate surface area is 356 Å². The molecule has 1 aromatic heterocycles. The first-order valence-electron chi connectivity index (χ1n) is 21.4. The second-order valence-electron chi connectivity index (χ2n) is 17.2. The molecular weight excluding hydrogens is 767 g/mol. The number of fused-ring (bicyclic) bond motifs is 1. The summed E-state index contributed by atoms with van der Waals surface area (Å²) in [7, 11) is 0. The quantitative estimate of drug-likeness (QED) is 0.0561. The van der Waals surface area contributed by atoms with Gasteiger partial charge in [0.1, 0.15) is 17.8 Å². The number of ether oxygens (including phenoxy) is 1. The van der Waals surface area contributed by atoms with Crippen LogP contribution in [0.25, 0.3) is 16.6 Å². The first-order chi connectivity index (χ1) is 28.1. The van der Waals surface area contributed by atoms with Gasteiger partial charge >= 0.3 is 12.1 Å². The van der Waals surface area contributed by atoms with E-state index in [0.29, 0.717) is 18.1 Å². The average molecular weight is 836 g/mol. The van der Waals surface area contributed by atoms with Crippen LogP contribution in [0.3, 0.4) is 0 Å². The Morgan fingerprint density at radius 3 is 2.25 bits per heavy atom. The van der Waals surface area contributed by atoms with Crippen LogP contribution < -0.4 is 15.4 Å². The predicted molar refractivity (Wildman–Crippen MR) is 238 cm³/mol. The van der Waals surface area contributed by atoms with Crippen molar-refractivity contribution in [1.82, 2.24) is 24.8 Å². The number of likely N-dealkylation sites (tertiary alicyclic amines) is 1. The van der Waals surface area contributed by atoms with Gasteiger partial charge in [-0.05, 0) is 111 Å². The number of nitrogens with zero attached hydrogens (tertiary/aromatic N) is 2. The number of hydrogen-bond acceptors (Lipinski definition) is 7. The molecule has 12 nitrogen and oxygen atoms in total. The van der Waals surface area contributed by atoms with Crippen LogP contribution in [-0.4, -0.2) is 81.4 Å². The summed E-state index contributed by atoms with van der Waals surface area (Å²) >= 11 is 1.48. The lowest BCUT2D eigenvalue weighted by atomic mass is 9.85. The Hall–Kier alpha value is -4.52. The van der Waals surface area contributed by atoms with Crippen molar-refractivity contribution >= 4 is 53.1 Å². The maximum Gasteiger partial charge on any atom is 0.407 e. The van der Waals surface area contributed by atoms with E-state index in [9.17, 15) is 29.1 Å². The largest absolute Gasteiger partial charge is 0.477 e. The lowest BCUT2D eigenvalue weighted by Gasteiger charge is -2.35. The number of aromatic nitrogens is 1. The maximum absolute atomic E-state index is 13.3. The molecular formula is C46H69N5O7S. The van der Waals surface area contributed by atoms with E-state index in [0.717, 1.165) is 73.6 Å². The van der Waals surface area contributed by atoms with E-state index < -0.39 is 23.5 Å². The lowest BCUT2D eigenvalue weighted by molar-refractivity contribution is -0.136. The van der Waals surface area contributed by atoms with Crippen LogP contribution in [0.2, 0.25) is 0 Å². The Balaban J connectivity index is 0.000000489. The number of alkyl carbamates (subject to hydrolysis) is 1. The van der Waals surface area contributed by atoms with Crippen LogP contribution in [-0.2, 0) is 25.5 Å². The minimum absolute atomic E-state index is 0.0432. The van der Waals surface area contributed by atoms with Gasteiger partial charge in [0.15, 0.2) is 0 Å². The van der Waals surface area contributed by atoms with Gasteiger partial charge < -0.3 is 29.9 Å². The van der Waals surface area contributed by atoms with E-state index >= 15 is 0 Å². The molecule has 1 aliphatic heterocycles. The summed E-state index contributed by atoms with van der Waals surface area (Å²) in [6, 6.07) is 16.5. The maximum atomic E-state index is 13.3. The molecule has 4 N–H and O–H groups in total. The number of carboxylic acid groups (broad SMARTS) is 1. The molecule has 5 rings (SSSR count). The number of hydrogen-bond donors (Lipinski definition) is 4. The number of nitrogens with one attached hydrogen (secondary N) is 3. The Bertz CT molecular complexity index is 1820. The van der Waals surface area contributed by atoms with Gasteiger partial charge in [0, 0.05) is 28.9 Å². The summed E-state index contributed by atoms with van der Waals surface area (Å²) in [4.78, 5) is 61.8. The zero-order chi connectivity index (χ0) is 43.8. The number of aryl methyl sites for hydroxylation is 1. The monoisotopic (exact) mass is 835 g/mol. The zero-order valence-electron chi connectivity index (χ0n) is 36.8. The summed E-state index contributed by atoms with van der Waals surface area (Å²) in [6.07, 6.45) is 9.46. The van der Waals surface area contributed by atoms with Gasteiger partial charge in [0.05, 0.1) is 12.1 Å². The lowest BCUT2D eigenvalue weighted by Crippen LogP contribution is -2.55. The number of rotatable bonds is 18. The molecule has 2 heterocycles. The molecule has 59 heavy (non-hydrogen) atoms. The van der Waals surface area contributed by atoms with Crippen molar-refractivity contribution < 1.29 is 33.8 Å². The third-order valence-electron chi connectivity index (χ3n) is 10.5. The molecule has 1 aliphatic carbocycles. The number of carbonyl (C=O) groups is 5. The standard InChI is InChI=1S/C35H47N3O5.C9H16N2O2S.C2H6/c1-24-14-13-21-37(24)31(39)30(34(2,3)4)36-33(42)43-23-35(5,6)20-11-10-15-25-16-12-19-28-27(25)22-29(32(40)41)38(28)26-17-8-7-9-18-26;1-2-3-8(10-6-12)9(13)11-14-7-4-5-7;1-2/h7-9,12,16-19,22,24,30H,10-11,13-15,20-21,23H2,1-6H3,(H,36,42)(H,40,41);6-8H,2-5H2,1H3,(H,10,12)(H,11,13);1-2H3/t24?,30-;;/m1../s1. The molecule has 1 saturated heterocycles. The predicted octanol–water partition coefficient (Wildman–Crippen LogP) is 9.07. The van der Waals surface area contributed by atoms with Gasteiger partial charge in [-0.25, -0.2) is 9.59 Å². The topological polar surface area (TPSA) is 159 Å². The van der Waals surface area contributed by atoms with Crippen LogP contribution in [0.4, 0.5) is 4.79 Å². The third-order valence-corrected chi connectivity index (χ3v) is 11.7. The fraction of sp³-hybridized carbons (Fsp3) is 0.587. The van der Waals surface area contributed by atoms with Gasteiger partial charge in [-0.15, -0.1) is 0 Å². The fourth-order valence-electron chi connectivity index (χ4n) is 7.07. The van der Waals surface area contributed by atoms with Crippen molar-refractivity contribution in [2.75, 3.05) is 13.2 Å². The number of carboxylic acids is 1. The van der Waals surface area contributed by atoms with E-state index in [1.54, 1.807) is 10.6 Å². The van der Waals surface area contributed by atoms with E-state index in [-0.39, 0.29) is 41.6 Å². The van der Waals surface area contributed by atoms with Gasteiger partial charge in [-0.3, -0.25) is 19.1 Å². The van der Waals surface area contributed by atoms with Crippen molar-refractivity contribution in [2.24, 2.45) is 10.8 Å². The minimum atomic E-state index is -0.958. The van der Waals surface area contributed by atoms with Crippen LogP contribution >= 0.6 is 11.9 Å². The molecule has 2 unspecified atom stereocenters. The number of unbranched alkanes of at least 4 members (excludes halogenated alkanes) is 1. The number of amides is 4. The van der Waals surface area contributed by atoms with Gasteiger partial charge in [0.2, 0.25) is 12.3 Å². The Kier molecular flexibility index (Phi) is 19.3. The second-order valence-corrected chi connectivity index (χ2v) is 18.3. The van der Waals surface area contributed by atoms with Gasteiger partial charge in [0.25, 0.3) is 5.91 Å². The second kappa shape index (κ2) is 23.3. The molecule has 13 heteroatoms. The highest BCUT2D eigenvalue weighted by Gasteiger charge is 2.39. The van der Waals surface area contributed by atoms with Crippen LogP contribution in [0.1, 0.15) is 136 Å². The summed E-state index contributed by atoms with van der Waals surface area (Å²) in [5.74, 6) is -1.09. The van der Waals surface area contributed by atoms with E-state index in [1.165, 1.54) is 24.8 Å². The molecule has 2 aliphatic rings. The van der Waals surface area contributed by atoms with Crippen molar-refractivity contribution in [3.63, 3.8) is 0 Å². The van der Waals surface area contributed by atoms with Crippen molar-refractivity contribution in [1.29, 1.82) is 0 Å². The molecule has 1 saturated carbocycles.